The van der Waals surface area contributed by atoms with Gasteiger partial charge in [0.05, 0.1) is 18.4 Å². The van der Waals surface area contributed by atoms with Crippen LogP contribution in [0.3, 0.4) is 0 Å². The summed E-state index contributed by atoms with van der Waals surface area (Å²) in [4.78, 5) is 13.9. The van der Waals surface area contributed by atoms with E-state index in [1.807, 2.05) is 55.5 Å². The fourth-order valence-electron chi connectivity index (χ4n) is 3.40. The number of nitrogens with zero attached hydrogens (tertiary/aromatic N) is 1. The molecule has 0 radical (unpaired) electrons. The van der Waals surface area contributed by atoms with Gasteiger partial charge in [-0.25, -0.2) is 4.79 Å². The molecule has 0 spiro atoms. The third kappa shape index (κ3) is 2.51. The van der Waals surface area contributed by atoms with E-state index in [1.165, 1.54) is 7.11 Å². The second-order valence-corrected chi connectivity index (χ2v) is 6.29. The predicted molar refractivity (Wildman–Crippen MR) is 101 cm³/mol. The molecule has 1 atom stereocenters. The number of ether oxygens (including phenoxy) is 2. The number of hydrogen-bond donors (Lipinski definition) is 0. The van der Waals surface area contributed by atoms with E-state index in [9.17, 15) is 4.79 Å². The topological polar surface area (TPSA) is 38.8 Å². The zero-order chi connectivity index (χ0) is 18.1. The van der Waals surface area contributed by atoms with Crippen LogP contribution in [0.4, 0.5) is 11.4 Å². The lowest BCUT2D eigenvalue weighted by Gasteiger charge is -2.35. The van der Waals surface area contributed by atoms with Crippen LogP contribution >= 0.6 is 0 Å². The zero-order valence-corrected chi connectivity index (χ0v) is 14.7. The van der Waals surface area contributed by atoms with E-state index in [0.717, 1.165) is 22.7 Å². The Morgan fingerprint density at radius 1 is 0.923 bits per heavy atom. The van der Waals surface area contributed by atoms with Gasteiger partial charge in [0.1, 0.15) is 5.75 Å². The maximum atomic E-state index is 11.7. The number of benzene rings is 3. The molecule has 1 aliphatic rings. The Bertz CT molecular complexity index is 937. The molecule has 3 aromatic carbocycles. The Hall–Kier alpha value is -3.27. The molecule has 4 nitrogen and oxygen atoms in total. The number of rotatable bonds is 3. The first-order chi connectivity index (χ1) is 12.6. The van der Waals surface area contributed by atoms with Gasteiger partial charge in [-0.2, -0.15) is 0 Å². The quantitative estimate of drug-likeness (QED) is 0.635. The molecular weight excluding hydrogens is 326 g/mol. The first-order valence-electron chi connectivity index (χ1n) is 8.45. The number of anilines is 2. The van der Waals surface area contributed by atoms with Crippen molar-refractivity contribution >= 4 is 17.3 Å². The fourth-order valence-corrected chi connectivity index (χ4v) is 3.40. The average molecular weight is 345 g/mol. The van der Waals surface area contributed by atoms with Gasteiger partial charge in [-0.15, -0.1) is 0 Å². The number of methoxy groups -OCH3 is 1. The molecule has 1 heterocycles. The monoisotopic (exact) mass is 345 g/mol. The molecule has 0 fully saturated rings. The molecule has 3 aromatic rings. The second-order valence-electron chi connectivity index (χ2n) is 6.29. The van der Waals surface area contributed by atoms with Gasteiger partial charge in [-0.05, 0) is 43.3 Å². The summed E-state index contributed by atoms with van der Waals surface area (Å²) in [5, 5.41) is 0. The van der Waals surface area contributed by atoms with Crippen LogP contribution in [0.2, 0.25) is 0 Å². The molecule has 0 saturated heterocycles. The Morgan fingerprint density at radius 3 is 2.27 bits per heavy atom. The highest BCUT2D eigenvalue weighted by atomic mass is 16.5. The van der Waals surface area contributed by atoms with E-state index in [2.05, 4.69) is 23.1 Å². The van der Waals surface area contributed by atoms with Crippen LogP contribution < -0.4 is 9.64 Å². The summed E-state index contributed by atoms with van der Waals surface area (Å²) in [6.07, 6.45) is 0. The van der Waals surface area contributed by atoms with E-state index in [1.54, 1.807) is 12.1 Å². The summed E-state index contributed by atoms with van der Waals surface area (Å²) in [7, 11) is 1.38. The van der Waals surface area contributed by atoms with Gasteiger partial charge in [0.15, 0.2) is 0 Å². The summed E-state index contributed by atoms with van der Waals surface area (Å²) < 4.78 is 11.2. The lowest BCUT2D eigenvalue weighted by molar-refractivity contribution is 0.0600. The zero-order valence-electron chi connectivity index (χ0n) is 14.7. The van der Waals surface area contributed by atoms with Crippen LogP contribution in [-0.2, 0) is 10.5 Å². The van der Waals surface area contributed by atoms with Crippen molar-refractivity contribution in [1.29, 1.82) is 0 Å². The number of esters is 1. The molecule has 26 heavy (non-hydrogen) atoms. The minimum absolute atomic E-state index is 0.350. The minimum atomic E-state index is -0.723. The second kappa shape index (κ2) is 6.23. The van der Waals surface area contributed by atoms with Crippen LogP contribution in [-0.4, -0.2) is 13.1 Å². The van der Waals surface area contributed by atoms with Crippen molar-refractivity contribution in [2.24, 2.45) is 0 Å². The molecule has 4 rings (SSSR count). The maximum Gasteiger partial charge on any atom is 0.337 e. The highest BCUT2D eigenvalue weighted by molar-refractivity contribution is 5.89. The van der Waals surface area contributed by atoms with Crippen LogP contribution in [0, 0.1) is 0 Å². The number of para-hydroxylation sites is 3. The lowest BCUT2D eigenvalue weighted by atomic mass is 10.0. The van der Waals surface area contributed by atoms with Crippen molar-refractivity contribution < 1.29 is 14.3 Å². The van der Waals surface area contributed by atoms with Crippen molar-refractivity contribution in [3.05, 3.63) is 90.0 Å². The van der Waals surface area contributed by atoms with Crippen LogP contribution in [0.15, 0.2) is 78.9 Å². The molecule has 1 unspecified atom stereocenters. The normalized spacial score (nSPS) is 18.2. The molecule has 0 N–H and O–H groups in total. The maximum absolute atomic E-state index is 11.7. The molecular formula is C22H19NO3. The van der Waals surface area contributed by atoms with Crippen LogP contribution in [0.1, 0.15) is 22.8 Å². The van der Waals surface area contributed by atoms with E-state index in [-0.39, 0.29) is 5.97 Å². The molecule has 0 amide bonds. The Balaban J connectivity index is 1.82. The van der Waals surface area contributed by atoms with Crippen molar-refractivity contribution in [3.8, 4) is 5.75 Å². The van der Waals surface area contributed by atoms with Crippen molar-refractivity contribution in [2.45, 2.75) is 12.6 Å². The number of carbonyl (C=O) groups is 1. The molecule has 130 valence electrons. The first kappa shape index (κ1) is 16.2. The van der Waals surface area contributed by atoms with Crippen LogP contribution in [0.25, 0.3) is 0 Å². The largest absolute Gasteiger partial charge is 0.465 e. The summed E-state index contributed by atoms with van der Waals surface area (Å²) in [5.41, 5.74) is 2.79. The van der Waals surface area contributed by atoms with Crippen molar-refractivity contribution in [3.63, 3.8) is 0 Å². The standard InChI is InChI=1S/C22H19NO3/c1-22(17-14-12-16(13-15-17)21(24)25-2)23(18-8-4-3-5-9-18)19-10-6-7-11-20(19)26-22/h3-15H,1-2H3. The predicted octanol–water partition coefficient (Wildman–Crippen LogP) is 4.88. The van der Waals surface area contributed by atoms with E-state index >= 15 is 0 Å². The fraction of sp³-hybridized carbons (Fsp3) is 0.136. The Morgan fingerprint density at radius 2 is 1.58 bits per heavy atom. The molecule has 0 saturated carbocycles. The molecule has 0 bridgehead atoms. The third-order valence-electron chi connectivity index (χ3n) is 4.70. The summed E-state index contributed by atoms with van der Waals surface area (Å²) in [6, 6.07) is 25.5. The van der Waals surface area contributed by atoms with Gasteiger partial charge in [0.2, 0.25) is 5.72 Å². The Labute approximate surface area is 152 Å². The number of carbonyl (C=O) groups excluding carboxylic acids is 1. The molecule has 0 aromatic heterocycles. The molecule has 1 aliphatic heterocycles. The highest BCUT2D eigenvalue weighted by Gasteiger charge is 2.44. The summed E-state index contributed by atoms with van der Waals surface area (Å²) in [5.74, 6) is 0.480. The van der Waals surface area contributed by atoms with E-state index in [4.69, 9.17) is 9.47 Å². The molecule has 4 heteroatoms. The van der Waals surface area contributed by atoms with Gasteiger partial charge in [-0.3, -0.25) is 4.90 Å². The highest BCUT2D eigenvalue weighted by Crippen LogP contribution is 2.50. The number of hydrogen-bond acceptors (Lipinski definition) is 4. The smallest absolute Gasteiger partial charge is 0.337 e. The minimum Gasteiger partial charge on any atom is -0.465 e. The van der Waals surface area contributed by atoms with Gasteiger partial charge < -0.3 is 9.47 Å². The van der Waals surface area contributed by atoms with Gasteiger partial charge in [-0.1, -0.05) is 42.5 Å². The Kier molecular flexibility index (Phi) is 3.88. The number of fused-ring (bicyclic) bond motifs is 1. The first-order valence-corrected chi connectivity index (χ1v) is 8.45. The average Bonchev–Trinajstić information content (AvgIpc) is 3.01. The van der Waals surface area contributed by atoms with Crippen molar-refractivity contribution in [2.75, 3.05) is 12.0 Å². The van der Waals surface area contributed by atoms with E-state index in [0.29, 0.717) is 5.56 Å². The van der Waals surface area contributed by atoms with Crippen LogP contribution in [0.5, 0.6) is 5.75 Å². The van der Waals surface area contributed by atoms with E-state index < -0.39 is 5.72 Å². The summed E-state index contributed by atoms with van der Waals surface area (Å²) in [6.45, 7) is 2.03. The SMILES string of the molecule is COC(=O)c1ccc(C2(C)Oc3ccccc3N2c2ccccc2)cc1. The summed E-state index contributed by atoms with van der Waals surface area (Å²) >= 11 is 0. The van der Waals surface area contributed by atoms with Crippen molar-refractivity contribution in [1.82, 2.24) is 0 Å². The van der Waals surface area contributed by atoms with Gasteiger partial charge in [0, 0.05) is 11.3 Å². The van der Waals surface area contributed by atoms with Gasteiger partial charge >= 0.3 is 5.97 Å². The third-order valence-corrected chi connectivity index (χ3v) is 4.70. The van der Waals surface area contributed by atoms with Gasteiger partial charge in [0.25, 0.3) is 0 Å². The molecule has 0 aliphatic carbocycles. The lowest BCUT2D eigenvalue weighted by Crippen LogP contribution is -2.41.